The molecule has 4 fully saturated rings. The first-order valence-corrected chi connectivity index (χ1v) is 8.42. The van der Waals surface area contributed by atoms with Crippen LogP contribution in [0, 0.1) is 35.5 Å². The molecule has 0 aromatic rings. The fraction of sp³-hybridized carbons (Fsp3) is 1.00. The fourth-order valence-electron chi connectivity index (χ4n) is 5.87. The highest BCUT2D eigenvalue weighted by Crippen LogP contribution is 2.58. The number of fused-ring (bicyclic) bond motifs is 2. The summed E-state index contributed by atoms with van der Waals surface area (Å²) >= 11 is 0. The van der Waals surface area contributed by atoms with E-state index in [1.165, 1.54) is 17.8 Å². The van der Waals surface area contributed by atoms with Gasteiger partial charge in [0.1, 0.15) is 0 Å². The van der Waals surface area contributed by atoms with Crippen LogP contribution in [0.3, 0.4) is 0 Å². The predicted molar refractivity (Wildman–Crippen MR) is 71.7 cm³/mol. The lowest BCUT2D eigenvalue weighted by Crippen LogP contribution is -2.32. The molecule has 0 spiro atoms. The van der Waals surface area contributed by atoms with E-state index in [4.69, 9.17) is 0 Å². The first-order valence-electron chi connectivity index (χ1n) is 8.42. The van der Waals surface area contributed by atoms with Crippen molar-refractivity contribution in [1.82, 2.24) is 0 Å². The van der Waals surface area contributed by atoms with Crippen LogP contribution >= 0.6 is 0 Å². The molecule has 0 saturated heterocycles. The Morgan fingerprint density at radius 1 is 0.588 bits per heavy atom. The average Bonchev–Trinajstić information content (AvgIpc) is 3.06. The molecule has 4 saturated carbocycles. The Hall–Kier alpha value is 0. The van der Waals surface area contributed by atoms with E-state index in [1.54, 1.807) is 70.6 Å². The molecule has 0 heterocycles. The van der Waals surface area contributed by atoms with Crippen LogP contribution in [0.15, 0.2) is 0 Å². The Balaban J connectivity index is 1.41. The van der Waals surface area contributed by atoms with Gasteiger partial charge in [0.15, 0.2) is 0 Å². The van der Waals surface area contributed by atoms with E-state index in [2.05, 4.69) is 0 Å². The topological polar surface area (TPSA) is 0 Å². The third kappa shape index (κ3) is 1.96. The van der Waals surface area contributed by atoms with Crippen LogP contribution in [0.2, 0.25) is 0 Å². The maximum absolute atomic E-state index is 1.64. The summed E-state index contributed by atoms with van der Waals surface area (Å²) in [5.74, 6) is 7.04. The molecule has 4 aliphatic rings. The lowest BCUT2D eigenvalue weighted by molar-refractivity contribution is 0.0843. The van der Waals surface area contributed by atoms with Crippen molar-refractivity contribution in [3.05, 3.63) is 0 Å². The zero-order chi connectivity index (χ0) is 11.2. The molecule has 6 atom stereocenters. The zero-order valence-electron chi connectivity index (χ0n) is 11.2. The smallest absolute Gasteiger partial charge is 0.0354 e. The Morgan fingerprint density at radius 3 is 2.24 bits per heavy atom. The summed E-state index contributed by atoms with van der Waals surface area (Å²) in [6.07, 6.45) is 17.5. The second-order valence-corrected chi connectivity index (χ2v) is 7.63. The van der Waals surface area contributed by atoms with E-state index < -0.39 is 0 Å². The van der Waals surface area contributed by atoms with Crippen molar-refractivity contribution < 1.29 is 0 Å². The molecular weight excluding hydrogens is 204 g/mol. The molecule has 0 N–H and O–H groups in total. The zero-order valence-corrected chi connectivity index (χ0v) is 11.2. The summed E-state index contributed by atoms with van der Waals surface area (Å²) < 4.78 is 0. The molecule has 0 aliphatic heterocycles. The second kappa shape index (κ2) is 4.28. The number of hydrogen-bond donors (Lipinski definition) is 0. The SMILES string of the molecule is C1CC[C@@H]2C(C1)CCCC2CC1CC[C@@H]2CC12. The Morgan fingerprint density at radius 2 is 1.41 bits per heavy atom. The van der Waals surface area contributed by atoms with Crippen molar-refractivity contribution in [2.24, 2.45) is 35.5 Å². The van der Waals surface area contributed by atoms with Crippen LogP contribution < -0.4 is 0 Å². The van der Waals surface area contributed by atoms with Crippen LogP contribution in [-0.2, 0) is 0 Å². The minimum atomic E-state index is 1.15. The first kappa shape index (κ1) is 10.9. The van der Waals surface area contributed by atoms with Gasteiger partial charge in [0.2, 0.25) is 0 Å². The van der Waals surface area contributed by atoms with Gasteiger partial charge < -0.3 is 0 Å². The van der Waals surface area contributed by atoms with Crippen molar-refractivity contribution in [3.63, 3.8) is 0 Å². The van der Waals surface area contributed by atoms with Gasteiger partial charge >= 0.3 is 0 Å². The Bertz CT molecular complexity index is 280. The maximum atomic E-state index is 1.64. The molecule has 4 unspecified atom stereocenters. The Labute approximate surface area is 107 Å². The lowest BCUT2D eigenvalue weighted by atomic mass is 9.63. The molecule has 4 rings (SSSR count). The monoisotopic (exact) mass is 232 g/mol. The molecule has 4 aliphatic carbocycles. The number of hydrogen-bond acceptors (Lipinski definition) is 0. The average molecular weight is 232 g/mol. The molecule has 0 aromatic carbocycles. The van der Waals surface area contributed by atoms with E-state index in [-0.39, 0.29) is 0 Å². The quantitative estimate of drug-likeness (QED) is 0.626. The highest BCUT2D eigenvalue weighted by Gasteiger charge is 2.49. The van der Waals surface area contributed by atoms with Gasteiger partial charge in [-0.2, -0.15) is 0 Å². The minimum Gasteiger partial charge on any atom is -0.0530 e. The Kier molecular flexibility index (Phi) is 2.74. The summed E-state index contributed by atoms with van der Waals surface area (Å²) in [7, 11) is 0. The van der Waals surface area contributed by atoms with Gasteiger partial charge in [-0.15, -0.1) is 0 Å². The number of rotatable bonds is 2. The molecule has 96 valence electrons. The van der Waals surface area contributed by atoms with Crippen molar-refractivity contribution >= 4 is 0 Å². The molecule has 0 nitrogen and oxygen atoms in total. The third-order valence-corrected chi connectivity index (χ3v) is 6.82. The molecule has 0 radical (unpaired) electrons. The summed E-state index contributed by atoms with van der Waals surface area (Å²) in [5, 5.41) is 0. The summed E-state index contributed by atoms with van der Waals surface area (Å²) in [5.41, 5.74) is 0. The van der Waals surface area contributed by atoms with Crippen molar-refractivity contribution in [3.8, 4) is 0 Å². The maximum Gasteiger partial charge on any atom is -0.0354 e. The van der Waals surface area contributed by atoms with Gasteiger partial charge in [-0.05, 0) is 67.6 Å². The standard InChI is InChI=1S/C17H28/c1-2-7-16-12(4-1)5-3-6-13(16)10-14-8-9-15-11-17(14)15/h12-17H,1-11H2/t12?,13?,14?,15-,16-,17?/m1/s1. The normalized spacial score (nSPS) is 52.9. The lowest BCUT2D eigenvalue weighted by Gasteiger charge is -2.42. The van der Waals surface area contributed by atoms with Gasteiger partial charge in [-0.1, -0.05) is 38.5 Å². The van der Waals surface area contributed by atoms with Crippen LogP contribution in [-0.4, -0.2) is 0 Å². The van der Waals surface area contributed by atoms with E-state index >= 15 is 0 Å². The first-order chi connectivity index (χ1) is 8.42. The molecule has 0 bridgehead atoms. The van der Waals surface area contributed by atoms with Gasteiger partial charge in [-0.25, -0.2) is 0 Å². The summed E-state index contributed by atoms with van der Waals surface area (Å²) in [4.78, 5) is 0. The van der Waals surface area contributed by atoms with Gasteiger partial charge in [0.25, 0.3) is 0 Å². The van der Waals surface area contributed by atoms with Gasteiger partial charge in [0.05, 0.1) is 0 Å². The molecule has 17 heavy (non-hydrogen) atoms. The molecular formula is C17H28. The van der Waals surface area contributed by atoms with E-state index in [0.717, 1.165) is 17.8 Å². The molecule has 0 amide bonds. The molecule has 0 aromatic heterocycles. The van der Waals surface area contributed by atoms with E-state index in [9.17, 15) is 0 Å². The minimum absolute atomic E-state index is 1.15. The van der Waals surface area contributed by atoms with Gasteiger partial charge in [-0.3, -0.25) is 0 Å². The largest absolute Gasteiger partial charge is 0.0530 e. The van der Waals surface area contributed by atoms with Crippen molar-refractivity contribution in [2.45, 2.75) is 70.6 Å². The second-order valence-electron chi connectivity index (χ2n) is 7.63. The van der Waals surface area contributed by atoms with Crippen molar-refractivity contribution in [1.29, 1.82) is 0 Å². The van der Waals surface area contributed by atoms with E-state index in [0.29, 0.717) is 0 Å². The highest BCUT2D eigenvalue weighted by atomic mass is 14.5. The predicted octanol–water partition coefficient (Wildman–Crippen LogP) is 5.03. The van der Waals surface area contributed by atoms with Crippen LogP contribution in [0.25, 0.3) is 0 Å². The third-order valence-electron chi connectivity index (χ3n) is 6.82. The fourth-order valence-corrected chi connectivity index (χ4v) is 5.87. The van der Waals surface area contributed by atoms with Crippen LogP contribution in [0.4, 0.5) is 0 Å². The van der Waals surface area contributed by atoms with E-state index in [1.807, 2.05) is 0 Å². The van der Waals surface area contributed by atoms with Gasteiger partial charge in [0, 0.05) is 0 Å². The molecule has 0 heteroatoms. The summed E-state index contributed by atoms with van der Waals surface area (Å²) in [6.45, 7) is 0. The van der Waals surface area contributed by atoms with Crippen LogP contribution in [0.1, 0.15) is 70.6 Å². The van der Waals surface area contributed by atoms with Crippen molar-refractivity contribution in [2.75, 3.05) is 0 Å². The summed E-state index contributed by atoms with van der Waals surface area (Å²) in [6, 6.07) is 0. The van der Waals surface area contributed by atoms with Crippen LogP contribution in [0.5, 0.6) is 0 Å². The highest BCUT2D eigenvalue weighted by molar-refractivity contribution is 4.99.